The first kappa shape index (κ1) is 12.4. The number of aromatic nitrogens is 2. The molecule has 2 aromatic heterocycles. The third-order valence-electron chi connectivity index (χ3n) is 3.19. The van der Waals surface area contributed by atoms with Gasteiger partial charge in [-0.25, -0.2) is 0 Å². The molecule has 0 aliphatic rings. The van der Waals surface area contributed by atoms with Gasteiger partial charge in [0, 0.05) is 29.7 Å². The lowest BCUT2D eigenvalue weighted by Gasteiger charge is -2.14. The Morgan fingerprint density at radius 2 is 2.32 bits per heavy atom. The fraction of sp³-hybridized carbons (Fsp3) is 0.267. The smallest absolute Gasteiger partial charge is 0.0560 e. The van der Waals surface area contributed by atoms with Crippen LogP contribution in [0.4, 0.5) is 0 Å². The Morgan fingerprint density at radius 3 is 3.16 bits per heavy atom. The topological polar surface area (TPSA) is 29.9 Å². The quantitative estimate of drug-likeness (QED) is 0.772. The number of hydrogen-bond acceptors (Lipinski definition) is 3. The molecule has 3 nitrogen and oxygen atoms in total. The van der Waals surface area contributed by atoms with Gasteiger partial charge in [-0.15, -0.1) is 11.3 Å². The van der Waals surface area contributed by atoms with E-state index in [0.717, 1.165) is 13.1 Å². The summed E-state index contributed by atoms with van der Waals surface area (Å²) in [7, 11) is 0. The Hall–Kier alpha value is -1.65. The molecule has 0 aliphatic carbocycles. The average Bonchev–Trinajstić information content (AvgIpc) is 3.06. The molecule has 0 radical (unpaired) electrons. The summed E-state index contributed by atoms with van der Waals surface area (Å²) in [4.78, 5) is 0. The Kier molecular flexibility index (Phi) is 3.62. The van der Waals surface area contributed by atoms with Gasteiger partial charge in [0.2, 0.25) is 0 Å². The van der Waals surface area contributed by atoms with E-state index in [1.54, 1.807) is 11.3 Å². The summed E-state index contributed by atoms with van der Waals surface area (Å²) < 4.78 is 3.31. The molecule has 4 heteroatoms. The normalized spacial score (nSPS) is 12.9. The summed E-state index contributed by atoms with van der Waals surface area (Å²) in [6.45, 7) is 3.98. The Labute approximate surface area is 116 Å². The van der Waals surface area contributed by atoms with Crippen LogP contribution in [-0.4, -0.2) is 15.8 Å². The summed E-state index contributed by atoms with van der Waals surface area (Å²) in [5.41, 5.74) is 1.33. The molecule has 0 bridgehead atoms. The highest BCUT2D eigenvalue weighted by Gasteiger charge is 2.03. The van der Waals surface area contributed by atoms with E-state index in [1.807, 2.05) is 23.1 Å². The molecule has 3 aromatic rings. The number of nitrogens with one attached hydrogen (secondary N) is 1. The van der Waals surface area contributed by atoms with E-state index in [4.69, 9.17) is 0 Å². The van der Waals surface area contributed by atoms with Crippen LogP contribution in [-0.2, 0) is 13.1 Å². The van der Waals surface area contributed by atoms with Crippen molar-refractivity contribution in [1.29, 1.82) is 0 Å². The fourth-order valence-electron chi connectivity index (χ4n) is 2.17. The van der Waals surface area contributed by atoms with E-state index in [1.165, 1.54) is 15.6 Å². The minimum absolute atomic E-state index is 0.401. The van der Waals surface area contributed by atoms with Crippen LogP contribution in [0.3, 0.4) is 0 Å². The molecule has 19 heavy (non-hydrogen) atoms. The maximum atomic E-state index is 4.22. The molecular weight excluding hydrogens is 254 g/mol. The molecule has 0 saturated heterocycles. The van der Waals surface area contributed by atoms with Gasteiger partial charge in [-0.1, -0.05) is 6.07 Å². The van der Waals surface area contributed by atoms with Gasteiger partial charge >= 0.3 is 0 Å². The first-order valence-corrected chi connectivity index (χ1v) is 7.36. The van der Waals surface area contributed by atoms with E-state index >= 15 is 0 Å². The van der Waals surface area contributed by atoms with Crippen molar-refractivity contribution < 1.29 is 0 Å². The van der Waals surface area contributed by atoms with Crippen molar-refractivity contribution in [3.63, 3.8) is 0 Å². The van der Waals surface area contributed by atoms with Crippen molar-refractivity contribution in [3.8, 4) is 0 Å². The number of fused-ring (bicyclic) bond motifs is 1. The highest BCUT2D eigenvalue weighted by atomic mass is 32.1. The molecule has 0 unspecified atom stereocenters. The van der Waals surface area contributed by atoms with Crippen LogP contribution in [0, 0.1) is 0 Å². The highest BCUT2D eigenvalue weighted by molar-refractivity contribution is 7.17. The lowest BCUT2D eigenvalue weighted by molar-refractivity contribution is 0.451. The third kappa shape index (κ3) is 3.03. The van der Waals surface area contributed by atoms with E-state index in [2.05, 4.69) is 47.0 Å². The van der Waals surface area contributed by atoms with Crippen molar-refractivity contribution in [2.45, 2.75) is 26.1 Å². The lowest BCUT2D eigenvalue weighted by atomic mass is 10.1. The van der Waals surface area contributed by atoms with E-state index in [9.17, 15) is 0 Å². The van der Waals surface area contributed by atoms with Crippen LogP contribution in [0.15, 0.2) is 48.1 Å². The molecular formula is C15H17N3S. The number of thiophene rings is 1. The maximum absolute atomic E-state index is 4.22. The van der Waals surface area contributed by atoms with Gasteiger partial charge in [-0.05, 0) is 47.5 Å². The van der Waals surface area contributed by atoms with Crippen LogP contribution >= 0.6 is 11.3 Å². The minimum atomic E-state index is 0.401. The van der Waals surface area contributed by atoms with Gasteiger partial charge in [0.25, 0.3) is 0 Å². The lowest BCUT2D eigenvalue weighted by Crippen LogP contribution is -2.30. The summed E-state index contributed by atoms with van der Waals surface area (Å²) in [6.07, 6.45) is 3.81. The summed E-state index contributed by atoms with van der Waals surface area (Å²) >= 11 is 1.79. The van der Waals surface area contributed by atoms with Crippen LogP contribution in [0.25, 0.3) is 10.1 Å². The number of rotatable bonds is 5. The van der Waals surface area contributed by atoms with Crippen LogP contribution in [0.5, 0.6) is 0 Å². The molecule has 0 amide bonds. The maximum Gasteiger partial charge on any atom is 0.0560 e. The summed E-state index contributed by atoms with van der Waals surface area (Å²) in [5.74, 6) is 0. The minimum Gasteiger partial charge on any atom is -0.308 e. The summed E-state index contributed by atoms with van der Waals surface area (Å²) in [6, 6.07) is 11.2. The van der Waals surface area contributed by atoms with Gasteiger partial charge in [-0.3, -0.25) is 4.68 Å². The number of benzene rings is 1. The second kappa shape index (κ2) is 5.55. The number of nitrogens with zero attached hydrogens (tertiary/aromatic N) is 2. The third-order valence-corrected chi connectivity index (χ3v) is 4.09. The Balaban J connectivity index is 1.59. The van der Waals surface area contributed by atoms with Gasteiger partial charge in [0.05, 0.1) is 6.54 Å². The average molecular weight is 271 g/mol. The SMILES string of the molecule is C[C@@H](Cn1cccn1)NCc1ccc2sccc2c1. The van der Waals surface area contributed by atoms with Gasteiger partial charge in [0.1, 0.15) is 0 Å². The predicted octanol–water partition coefficient (Wildman–Crippen LogP) is 3.28. The second-order valence-electron chi connectivity index (χ2n) is 4.80. The predicted molar refractivity (Wildman–Crippen MR) is 80.4 cm³/mol. The van der Waals surface area contributed by atoms with Crippen LogP contribution < -0.4 is 5.32 Å². The fourth-order valence-corrected chi connectivity index (χ4v) is 2.94. The van der Waals surface area contributed by atoms with Gasteiger partial charge in [-0.2, -0.15) is 5.10 Å². The Morgan fingerprint density at radius 1 is 1.37 bits per heavy atom. The molecule has 98 valence electrons. The molecule has 2 heterocycles. The zero-order valence-electron chi connectivity index (χ0n) is 10.9. The van der Waals surface area contributed by atoms with Crippen LogP contribution in [0.1, 0.15) is 12.5 Å². The molecule has 0 fully saturated rings. The second-order valence-corrected chi connectivity index (χ2v) is 5.75. The molecule has 0 saturated carbocycles. The van der Waals surface area contributed by atoms with E-state index in [-0.39, 0.29) is 0 Å². The highest BCUT2D eigenvalue weighted by Crippen LogP contribution is 2.21. The zero-order valence-corrected chi connectivity index (χ0v) is 11.7. The molecule has 1 aromatic carbocycles. The van der Waals surface area contributed by atoms with Crippen molar-refractivity contribution in [3.05, 3.63) is 53.7 Å². The van der Waals surface area contributed by atoms with Crippen molar-refractivity contribution in [2.24, 2.45) is 0 Å². The van der Waals surface area contributed by atoms with Gasteiger partial charge < -0.3 is 5.32 Å². The van der Waals surface area contributed by atoms with Crippen molar-refractivity contribution >= 4 is 21.4 Å². The molecule has 0 aliphatic heterocycles. The standard InChI is InChI=1S/C15H17N3S/c1-12(11-18-7-2-6-17-18)16-10-13-3-4-15-14(9-13)5-8-19-15/h2-9,12,16H,10-11H2,1H3/t12-/m0/s1. The van der Waals surface area contributed by atoms with E-state index in [0.29, 0.717) is 6.04 Å². The summed E-state index contributed by atoms with van der Waals surface area (Å²) in [5, 5.41) is 11.2. The zero-order chi connectivity index (χ0) is 13.1. The van der Waals surface area contributed by atoms with Crippen molar-refractivity contribution in [2.75, 3.05) is 0 Å². The van der Waals surface area contributed by atoms with Crippen LogP contribution in [0.2, 0.25) is 0 Å². The first-order chi connectivity index (χ1) is 9.31. The number of hydrogen-bond donors (Lipinski definition) is 1. The van der Waals surface area contributed by atoms with Gasteiger partial charge in [0.15, 0.2) is 0 Å². The monoisotopic (exact) mass is 271 g/mol. The molecule has 0 spiro atoms. The van der Waals surface area contributed by atoms with E-state index < -0.39 is 0 Å². The molecule has 1 N–H and O–H groups in total. The largest absolute Gasteiger partial charge is 0.308 e. The molecule has 1 atom stereocenters. The first-order valence-electron chi connectivity index (χ1n) is 6.48. The Bertz CT molecular complexity index is 642. The molecule has 3 rings (SSSR count). The van der Waals surface area contributed by atoms with Crippen molar-refractivity contribution in [1.82, 2.24) is 15.1 Å².